The van der Waals surface area contributed by atoms with E-state index in [1.807, 2.05) is 0 Å². The van der Waals surface area contributed by atoms with Gasteiger partial charge in [-0.3, -0.25) is 4.79 Å². The average molecular weight is 448 g/mol. The molecule has 2 aromatic carbocycles. The number of ether oxygens (including phenoxy) is 2. The Morgan fingerprint density at radius 3 is 2.34 bits per heavy atom. The van der Waals surface area contributed by atoms with Crippen LogP contribution in [0.2, 0.25) is 0 Å². The molecule has 166 valence electrons. The molecule has 1 unspecified atom stereocenters. The second-order valence-electron chi connectivity index (χ2n) is 7.05. The van der Waals surface area contributed by atoms with Crippen LogP contribution in [0.4, 0.5) is 23.2 Å². The van der Waals surface area contributed by atoms with Gasteiger partial charge in [0.1, 0.15) is 11.5 Å². The predicted molar refractivity (Wildman–Crippen MR) is 105 cm³/mol. The molecule has 2 heterocycles. The highest BCUT2D eigenvalue weighted by Crippen LogP contribution is 2.46. The first kappa shape index (κ1) is 21.6. The van der Waals surface area contributed by atoms with E-state index >= 15 is 0 Å². The fourth-order valence-electron chi connectivity index (χ4n) is 3.60. The molecule has 6 nitrogen and oxygen atoms in total. The molecule has 10 heteroatoms. The lowest BCUT2D eigenvalue weighted by Crippen LogP contribution is -2.41. The van der Waals surface area contributed by atoms with Crippen LogP contribution >= 0.6 is 0 Å². The van der Waals surface area contributed by atoms with Crippen molar-refractivity contribution in [2.24, 2.45) is 0 Å². The lowest BCUT2D eigenvalue weighted by molar-refractivity contribution is -0.274. The number of amides is 1. The summed E-state index contributed by atoms with van der Waals surface area (Å²) in [5.41, 5.74) is -1.74. The third-order valence-electron chi connectivity index (χ3n) is 5.08. The number of aromatic nitrogens is 1. The number of pyridine rings is 1. The average Bonchev–Trinajstić information content (AvgIpc) is 2.96. The first-order chi connectivity index (χ1) is 15.1. The van der Waals surface area contributed by atoms with Crippen molar-refractivity contribution in [2.45, 2.75) is 18.5 Å². The van der Waals surface area contributed by atoms with Gasteiger partial charge in [0.15, 0.2) is 5.60 Å². The Kier molecular flexibility index (Phi) is 5.25. The van der Waals surface area contributed by atoms with Crippen molar-refractivity contribution in [3.05, 3.63) is 83.4 Å². The van der Waals surface area contributed by atoms with Crippen LogP contribution in [0.1, 0.15) is 16.7 Å². The van der Waals surface area contributed by atoms with Crippen molar-refractivity contribution >= 4 is 11.6 Å². The van der Waals surface area contributed by atoms with E-state index in [9.17, 15) is 27.5 Å². The van der Waals surface area contributed by atoms with Crippen LogP contribution in [-0.4, -0.2) is 29.5 Å². The van der Waals surface area contributed by atoms with Crippen LogP contribution in [-0.2, 0) is 16.9 Å². The zero-order valence-corrected chi connectivity index (χ0v) is 16.6. The topological polar surface area (TPSA) is 71.9 Å². The third kappa shape index (κ3) is 3.84. The number of anilines is 1. The predicted octanol–water partition coefficient (Wildman–Crippen LogP) is 3.91. The normalized spacial score (nSPS) is 17.9. The molecule has 0 fully saturated rings. The van der Waals surface area contributed by atoms with Gasteiger partial charge in [-0.2, -0.15) is 4.39 Å². The smallest absolute Gasteiger partial charge is 0.497 e. The highest BCUT2D eigenvalue weighted by molar-refractivity contribution is 6.09. The summed E-state index contributed by atoms with van der Waals surface area (Å²) in [4.78, 5) is 18.1. The summed E-state index contributed by atoms with van der Waals surface area (Å²) in [6.07, 6.45) is -4.00. The molecule has 1 amide bonds. The first-order valence-corrected chi connectivity index (χ1v) is 9.31. The molecular formula is C22H16F4N2O4. The number of alkyl halides is 3. The van der Waals surface area contributed by atoms with Gasteiger partial charge in [0.25, 0.3) is 5.91 Å². The lowest BCUT2D eigenvalue weighted by atomic mass is 9.88. The molecule has 0 saturated carbocycles. The summed E-state index contributed by atoms with van der Waals surface area (Å²) >= 11 is 0. The van der Waals surface area contributed by atoms with Gasteiger partial charge in [-0.15, -0.1) is 13.2 Å². The molecule has 0 saturated heterocycles. The summed E-state index contributed by atoms with van der Waals surface area (Å²) in [6, 6.07) is 12.1. The molecule has 1 N–H and O–H groups in total. The molecular weight excluding hydrogens is 432 g/mol. The monoisotopic (exact) mass is 448 g/mol. The van der Waals surface area contributed by atoms with E-state index in [0.29, 0.717) is 11.3 Å². The summed E-state index contributed by atoms with van der Waals surface area (Å²) in [5, 5.41) is 11.4. The van der Waals surface area contributed by atoms with Crippen molar-refractivity contribution in [1.82, 2.24) is 4.98 Å². The number of fused-ring (bicyclic) bond motifs is 1. The zero-order valence-electron chi connectivity index (χ0n) is 16.6. The maximum Gasteiger partial charge on any atom is 0.573 e. The number of nitrogens with zero attached hydrogens (tertiary/aromatic N) is 2. The molecule has 0 bridgehead atoms. The molecule has 0 radical (unpaired) electrons. The van der Waals surface area contributed by atoms with Gasteiger partial charge in [-0.1, -0.05) is 12.1 Å². The molecule has 0 spiro atoms. The van der Waals surface area contributed by atoms with E-state index in [1.54, 1.807) is 24.3 Å². The van der Waals surface area contributed by atoms with Crippen LogP contribution in [0.15, 0.2) is 60.8 Å². The third-order valence-corrected chi connectivity index (χ3v) is 5.08. The summed E-state index contributed by atoms with van der Waals surface area (Å²) in [6.45, 7) is 0.0201. The molecule has 1 aromatic heterocycles. The minimum absolute atomic E-state index is 0.0201. The van der Waals surface area contributed by atoms with E-state index in [1.165, 1.54) is 18.1 Å². The van der Waals surface area contributed by atoms with Gasteiger partial charge in [0, 0.05) is 17.3 Å². The number of methoxy groups -OCH3 is 1. The number of carbonyl (C=O) groups excluding carboxylic acids is 1. The Hall–Kier alpha value is -3.66. The molecule has 1 aliphatic rings. The number of halogens is 4. The number of aliphatic hydroxyl groups is 1. The van der Waals surface area contributed by atoms with Gasteiger partial charge in [-0.05, 0) is 48.0 Å². The summed E-state index contributed by atoms with van der Waals surface area (Å²) in [7, 11) is 1.51. The maximum atomic E-state index is 13.4. The van der Waals surface area contributed by atoms with Crippen LogP contribution in [0.3, 0.4) is 0 Å². The minimum Gasteiger partial charge on any atom is -0.497 e. The zero-order chi connectivity index (χ0) is 23.1. The van der Waals surface area contributed by atoms with Gasteiger partial charge < -0.3 is 19.5 Å². The highest BCUT2D eigenvalue weighted by atomic mass is 19.4. The van der Waals surface area contributed by atoms with E-state index in [-0.39, 0.29) is 23.4 Å². The Morgan fingerprint density at radius 1 is 1.06 bits per heavy atom. The van der Waals surface area contributed by atoms with Gasteiger partial charge >= 0.3 is 6.36 Å². The number of hydrogen-bond acceptors (Lipinski definition) is 5. The quantitative estimate of drug-likeness (QED) is 0.474. The molecule has 3 aromatic rings. The van der Waals surface area contributed by atoms with Crippen LogP contribution in [0.25, 0.3) is 0 Å². The molecule has 0 aliphatic carbocycles. The van der Waals surface area contributed by atoms with Crippen molar-refractivity contribution in [1.29, 1.82) is 0 Å². The van der Waals surface area contributed by atoms with Crippen molar-refractivity contribution in [3.63, 3.8) is 0 Å². The molecule has 1 aliphatic heterocycles. The van der Waals surface area contributed by atoms with Gasteiger partial charge in [-0.25, -0.2) is 4.98 Å². The van der Waals surface area contributed by atoms with E-state index in [0.717, 1.165) is 30.5 Å². The molecule has 32 heavy (non-hydrogen) atoms. The number of carbonyl (C=O) groups is 1. The van der Waals surface area contributed by atoms with Gasteiger partial charge in [0.2, 0.25) is 5.95 Å². The largest absolute Gasteiger partial charge is 0.573 e. The van der Waals surface area contributed by atoms with Crippen LogP contribution < -0.4 is 14.4 Å². The Labute approximate surface area is 179 Å². The summed E-state index contributed by atoms with van der Waals surface area (Å²) in [5.74, 6) is -1.67. The fourth-order valence-corrected chi connectivity index (χ4v) is 3.60. The van der Waals surface area contributed by atoms with E-state index in [4.69, 9.17) is 4.74 Å². The van der Waals surface area contributed by atoms with Crippen molar-refractivity contribution < 1.29 is 36.9 Å². The lowest BCUT2D eigenvalue weighted by Gasteiger charge is -2.23. The molecule has 1 atom stereocenters. The Bertz CT molecular complexity index is 1150. The molecule has 4 rings (SSSR count). The van der Waals surface area contributed by atoms with Crippen molar-refractivity contribution in [2.75, 3.05) is 12.0 Å². The van der Waals surface area contributed by atoms with E-state index < -0.39 is 29.6 Å². The van der Waals surface area contributed by atoms with Crippen molar-refractivity contribution in [3.8, 4) is 11.5 Å². The second kappa shape index (κ2) is 7.79. The summed E-state index contributed by atoms with van der Waals surface area (Å²) < 4.78 is 60.6. The second-order valence-corrected chi connectivity index (χ2v) is 7.05. The standard InChI is InChI=1S/C22H16F4N2O4/c1-31-15-5-2-13(3-6-15)12-28-18-8-7-16(32-22(24,25)26)10-17(18)21(30,20(28)29)14-4-9-19(23)27-11-14/h2-11,30H,12H2,1H3. The maximum absolute atomic E-state index is 13.4. The number of benzene rings is 2. The Balaban J connectivity index is 1.80. The van der Waals surface area contributed by atoms with E-state index in [2.05, 4.69) is 9.72 Å². The number of hydrogen-bond donors (Lipinski definition) is 1. The SMILES string of the molecule is COc1ccc(CN2C(=O)C(O)(c3ccc(F)nc3)c3cc(OC(F)(F)F)ccc32)cc1. The van der Waals surface area contributed by atoms with Crippen LogP contribution in [0, 0.1) is 5.95 Å². The minimum atomic E-state index is -4.96. The first-order valence-electron chi connectivity index (χ1n) is 9.31. The highest BCUT2D eigenvalue weighted by Gasteiger charge is 2.51. The van der Waals surface area contributed by atoms with Gasteiger partial charge in [0.05, 0.1) is 19.3 Å². The van der Waals surface area contributed by atoms with Crippen LogP contribution in [0.5, 0.6) is 11.5 Å². The Morgan fingerprint density at radius 2 is 1.75 bits per heavy atom. The fraction of sp³-hybridized carbons (Fsp3) is 0.182. The number of rotatable bonds is 5.